The van der Waals surface area contributed by atoms with E-state index in [2.05, 4.69) is 31.3 Å². The van der Waals surface area contributed by atoms with Crippen molar-refractivity contribution in [1.29, 1.82) is 0 Å². The number of benzene rings is 2. The van der Waals surface area contributed by atoms with Crippen LogP contribution in [0.15, 0.2) is 47.6 Å². The molecule has 0 bridgehead atoms. The zero-order chi connectivity index (χ0) is 18.4. The normalized spacial score (nSPS) is 11.6. The maximum Gasteiger partial charge on any atom is 0.277 e. The van der Waals surface area contributed by atoms with Crippen molar-refractivity contribution in [2.45, 2.75) is 26.2 Å². The molecule has 0 unspecified atom stereocenters. The lowest BCUT2D eigenvalue weighted by Crippen LogP contribution is -2.24. The van der Waals surface area contributed by atoms with Crippen molar-refractivity contribution >= 4 is 35.3 Å². The number of ether oxygens (including phenoxy) is 1. The first-order chi connectivity index (χ1) is 11.8. The van der Waals surface area contributed by atoms with Gasteiger partial charge in [0.15, 0.2) is 6.61 Å². The Hall–Kier alpha value is -2.04. The Balaban J connectivity index is 1.86. The number of halogens is 2. The minimum absolute atomic E-state index is 0.0740. The summed E-state index contributed by atoms with van der Waals surface area (Å²) in [5.41, 5.74) is 4.20. The molecule has 0 atom stereocenters. The van der Waals surface area contributed by atoms with Crippen molar-refractivity contribution in [3.8, 4) is 5.75 Å². The summed E-state index contributed by atoms with van der Waals surface area (Å²) in [5.74, 6) is 0.251. The smallest absolute Gasteiger partial charge is 0.277 e. The molecule has 0 aliphatic carbocycles. The Kier molecular flexibility index (Phi) is 6.45. The van der Waals surface area contributed by atoms with Crippen LogP contribution in [0, 0.1) is 0 Å². The molecule has 132 valence electrons. The molecule has 0 spiro atoms. The first-order valence-electron chi connectivity index (χ1n) is 7.76. The molecule has 6 heteroatoms. The Morgan fingerprint density at radius 2 is 1.72 bits per heavy atom. The van der Waals surface area contributed by atoms with Gasteiger partial charge in [-0.2, -0.15) is 5.10 Å². The second kappa shape index (κ2) is 8.37. The molecular weight excluding hydrogens is 359 g/mol. The predicted molar refractivity (Wildman–Crippen MR) is 103 cm³/mol. The summed E-state index contributed by atoms with van der Waals surface area (Å²) in [5, 5.41) is 4.77. The van der Waals surface area contributed by atoms with Crippen LogP contribution in [0.3, 0.4) is 0 Å². The fourth-order valence-corrected chi connectivity index (χ4v) is 2.53. The number of carbonyl (C=O) groups excluding carboxylic acids is 1. The monoisotopic (exact) mass is 378 g/mol. The Bertz CT molecular complexity index is 746. The third-order valence-corrected chi connectivity index (χ3v) is 4.13. The van der Waals surface area contributed by atoms with Crippen molar-refractivity contribution in [3.05, 3.63) is 63.6 Å². The van der Waals surface area contributed by atoms with Crippen LogP contribution in [0.1, 0.15) is 31.9 Å². The molecule has 1 N–H and O–H groups in total. The van der Waals surface area contributed by atoms with Crippen molar-refractivity contribution in [1.82, 2.24) is 5.43 Å². The summed E-state index contributed by atoms with van der Waals surface area (Å²) in [6, 6.07) is 12.8. The second-order valence-corrected chi connectivity index (χ2v) is 7.31. The summed E-state index contributed by atoms with van der Waals surface area (Å²) in [6.45, 7) is 6.28. The maximum absolute atomic E-state index is 11.8. The summed E-state index contributed by atoms with van der Waals surface area (Å²) in [6.07, 6.45) is 1.40. The largest absolute Gasteiger partial charge is 0.484 e. The lowest BCUT2D eigenvalue weighted by atomic mass is 9.87. The summed E-state index contributed by atoms with van der Waals surface area (Å²) >= 11 is 12.0. The van der Waals surface area contributed by atoms with E-state index in [0.717, 1.165) is 0 Å². The first kappa shape index (κ1) is 19.3. The lowest BCUT2D eigenvalue weighted by Gasteiger charge is -2.19. The van der Waals surface area contributed by atoms with Gasteiger partial charge in [0.2, 0.25) is 0 Å². The molecule has 2 rings (SSSR count). The van der Waals surface area contributed by atoms with Gasteiger partial charge in [0, 0.05) is 5.56 Å². The van der Waals surface area contributed by atoms with E-state index in [1.165, 1.54) is 11.8 Å². The van der Waals surface area contributed by atoms with Crippen LogP contribution >= 0.6 is 23.2 Å². The fourth-order valence-electron chi connectivity index (χ4n) is 2.04. The molecule has 4 nitrogen and oxygen atoms in total. The van der Waals surface area contributed by atoms with E-state index in [9.17, 15) is 4.79 Å². The topological polar surface area (TPSA) is 50.7 Å². The summed E-state index contributed by atoms with van der Waals surface area (Å²) < 4.78 is 5.45. The molecule has 0 saturated heterocycles. The van der Waals surface area contributed by atoms with Gasteiger partial charge in [0.05, 0.1) is 16.3 Å². The molecular formula is C19H20Cl2N2O2. The lowest BCUT2D eigenvalue weighted by molar-refractivity contribution is -0.123. The number of amides is 1. The van der Waals surface area contributed by atoms with Gasteiger partial charge in [-0.05, 0) is 35.2 Å². The zero-order valence-electron chi connectivity index (χ0n) is 14.3. The molecule has 25 heavy (non-hydrogen) atoms. The maximum atomic E-state index is 11.8. The highest BCUT2D eigenvalue weighted by molar-refractivity contribution is 6.38. The van der Waals surface area contributed by atoms with E-state index in [1.54, 1.807) is 18.2 Å². The molecule has 2 aromatic carbocycles. The Morgan fingerprint density at radius 3 is 2.28 bits per heavy atom. The van der Waals surface area contributed by atoms with Gasteiger partial charge in [0.1, 0.15) is 5.75 Å². The fraction of sp³-hybridized carbons (Fsp3) is 0.263. The van der Waals surface area contributed by atoms with E-state index >= 15 is 0 Å². The number of rotatable bonds is 5. The molecule has 0 fully saturated rings. The van der Waals surface area contributed by atoms with E-state index < -0.39 is 0 Å². The zero-order valence-corrected chi connectivity index (χ0v) is 15.9. The van der Waals surface area contributed by atoms with Crippen LogP contribution in [0.5, 0.6) is 5.75 Å². The number of hydrazone groups is 1. The highest BCUT2D eigenvalue weighted by Crippen LogP contribution is 2.24. The van der Waals surface area contributed by atoms with Crippen molar-refractivity contribution < 1.29 is 9.53 Å². The van der Waals surface area contributed by atoms with Gasteiger partial charge in [-0.15, -0.1) is 0 Å². The molecule has 0 saturated carbocycles. The van der Waals surface area contributed by atoms with Crippen molar-refractivity contribution in [3.63, 3.8) is 0 Å². The quantitative estimate of drug-likeness (QED) is 0.598. The average molecular weight is 379 g/mol. The summed E-state index contributed by atoms with van der Waals surface area (Å²) in [7, 11) is 0. The molecule has 0 radical (unpaired) electrons. The van der Waals surface area contributed by atoms with E-state index in [4.69, 9.17) is 27.9 Å². The predicted octanol–water partition coefficient (Wildman–Crippen LogP) is 4.82. The minimum Gasteiger partial charge on any atom is -0.484 e. The number of nitrogens with one attached hydrogen (secondary N) is 1. The van der Waals surface area contributed by atoms with Crippen LogP contribution in [0.25, 0.3) is 0 Å². The highest BCUT2D eigenvalue weighted by Gasteiger charge is 2.13. The molecule has 2 aromatic rings. The van der Waals surface area contributed by atoms with Crippen LogP contribution in [0.2, 0.25) is 10.0 Å². The van der Waals surface area contributed by atoms with Crippen molar-refractivity contribution in [2.24, 2.45) is 5.10 Å². The van der Waals surface area contributed by atoms with E-state index in [0.29, 0.717) is 21.4 Å². The first-order valence-corrected chi connectivity index (χ1v) is 8.52. The standard InChI is InChI=1S/C19H20Cl2N2O2/c1-19(2,3)13-7-9-14(10-8-13)25-12-18(24)23-22-11-15-16(20)5-4-6-17(15)21/h4-11H,12H2,1-3H3,(H,23,24)/b22-11-. The number of hydrogen-bond acceptors (Lipinski definition) is 3. The van der Waals surface area contributed by atoms with Gasteiger partial charge >= 0.3 is 0 Å². The van der Waals surface area contributed by atoms with Gasteiger partial charge in [-0.1, -0.05) is 62.2 Å². The summed E-state index contributed by atoms with van der Waals surface area (Å²) in [4.78, 5) is 11.8. The van der Waals surface area contributed by atoms with E-state index in [-0.39, 0.29) is 17.9 Å². The SMILES string of the molecule is CC(C)(C)c1ccc(OCC(=O)N/N=C\c2c(Cl)cccc2Cl)cc1. The molecule has 0 aromatic heterocycles. The third kappa shape index (κ3) is 5.76. The molecule has 0 heterocycles. The minimum atomic E-state index is -0.376. The van der Waals surface area contributed by atoms with Crippen LogP contribution < -0.4 is 10.2 Å². The molecule has 0 aliphatic heterocycles. The van der Waals surface area contributed by atoms with Gasteiger partial charge in [-0.25, -0.2) is 5.43 Å². The van der Waals surface area contributed by atoms with Crippen LogP contribution in [0.4, 0.5) is 0 Å². The average Bonchev–Trinajstić information content (AvgIpc) is 2.55. The van der Waals surface area contributed by atoms with Gasteiger partial charge in [-0.3, -0.25) is 4.79 Å². The molecule has 1 amide bonds. The van der Waals surface area contributed by atoms with Crippen LogP contribution in [-0.2, 0) is 10.2 Å². The van der Waals surface area contributed by atoms with Gasteiger partial charge in [0.25, 0.3) is 5.91 Å². The molecule has 0 aliphatic rings. The van der Waals surface area contributed by atoms with Gasteiger partial charge < -0.3 is 4.74 Å². The van der Waals surface area contributed by atoms with Crippen LogP contribution in [-0.4, -0.2) is 18.7 Å². The highest BCUT2D eigenvalue weighted by atomic mass is 35.5. The van der Waals surface area contributed by atoms with Crippen molar-refractivity contribution in [2.75, 3.05) is 6.61 Å². The Labute approximate surface area is 157 Å². The van der Waals surface area contributed by atoms with E-state index in [1.807, 2.05) is 24.3 Å². The second-order valence-electron chi connectivity index (χ2n) is 6.49. The third-order valence-electron chi connectivity index (χ3n) is 3.47. The number of hydrogen-bond donors (Lipinski definition) is 1. The number of nitrogens with zero attached hydrogens (tertiary/aromatic N) is 1. The Morgan fingerprint density at radius 1 is 1.12 bits per heavy atom. The number of carbonyl (C=O) groups is 1.